The van der Waals surface area contributed by atoms with E-state index in [-0.39, 0.29) is 19.1 Å². The largest absolute Gasteiger partial charge is 0.479 e. The topological polar surface area (TPSA) is 105 Å². The molecule has 28 heavy (non-hydrogen) atoms. The number of nitrogens with one attached hydrogen (secondary N) is 1. The number of carbonyl (C=O) groups is 3. The number of rotatable bonds is 7. The van der Waals surface area contributed by atoms with E-state index in [1.807, 2.05) is 0 Å². The van der Waals surface area contributed by atoms with Crippen LogP contribution in [0, 0.1) is 0 Å². The molecule has 0 radical (unpaired) electrons. The first kappa shape index (κ1) is 21.7. The van der Waals surface area contributed by atoms with Crippen LogP contribution in [0.5, 0.6) is 0 Å². The number of hydrogen-bond donors (Lipinski definition) is 2. The van der Waals surface area contributed by atoms with E-state index in [9.17, 15) is 19.5 Å². The van der Waals surface area contributed by atoms with Crippen molar-refractivity contribution in [2.45, 2.75) is 51.7 Å². The van der Waals surface area contributed by atoms with Crippen molar-refractivity contribution in [2.75, 3.05) is 24.6 Å². The maximum atomic E-state index is 12.6. The monoisotopic (exact) mass is 392 g/mol. The zero-order chi connectivity index (χ0) is 20.9. The Kier molecular flexibility index (Phi) is 6.66. The minimum atomic E-state index is -2.15. The standard InChI is InChI=1S/C20H28N2O6/c1-5-27-17(25)20(16(23)24,28-19(2,3)4)13-14-7-9-15(10-8-14)22-12-6-11-21-18(22)26/h7-10H,5-6,11-13H2,1-4H3,(H,21,26)(H,23,24). The minimum Gasteiger partial charge on any atom is -0.479 e. The van der Waals surface area contributed by atoms with Gasteiger partial charge in [0.1, 0.15) is 0 Å². The van der Waals surface area contributed by atoms with E-state index in [0.29, 0.717) is 24.3 Å². The lowest BCUT2D eigenvalue weighted by Gasteiger charge is -2.34. The number of carbonyl (C=O) groups excluding carboxylic acids is 2. The SMILES string of the molecule is CCOC(=O)C(Cc1ccc(N2CCCNC2=O)cc1)(OC(C)(C)C)C(=O)O. The molecule has 1 atom stereocenters. The molecule has 0 spiro atoms. The molecule has 1 unspecified atom stereocenters. The Hall–Kier alpha value is -2.61. The molecule has 1 aliphatic rings. The molecule has 2 N–H and O–H groups in total. The molecule has 0 aliphatic carbocycles. The summed E-state index contributed by atoms with van der Waals surface area (Å²) in [7, 11) is 0. The Labute approximate surface area is 164 Å². The predicted molar refractivity (Wildman–Crippen MR) is 103 cm³/mol. The summed E-state index contributed by atoms with van der Waals surface area (Å²) in [6.07, 6.45) is 0.656. The number of nitrogens with zero attached hydrogens (tertiary/aromatic N) is 1. The zero-order valence-electron chi connectivity index (χ0n) is 16.8. The molecule has 8 nitrogen and oxygen atoms in total. The predicted octanol–water partition coefficient (Wildman–Crippen LogP) is 2.35. The second-order valence-corrected chi connectivity index (χ2v) is 7.65. The van der Waals surface area contributed by atoms with Gasteiger partial charge in [0, 0.05) is 25.2 Å². The lowest BCUT2D eigenvalue weighted by atomic mass is 9.92. The number of hydrogen-bond acceptors (Lipinski definition) is 5. The van der Waals surface area contributed by atoms with Crippen LogP contribution in [0.3, 0.4) is 0 Å². The van der Waals surface area contributed by atoms with Crippen LogP contribution in [0.15, 0.2) is 24.3 Å². The highest BCUT2D eigenvalue weighted by molar-refractivity contribution is 6.03. The molecule has 2 rings (SSSR count). The van der Waals surface area contributed by atoms with Gasteiger partial charge in [-0.15, -0.1) is 0 Å². The number of benzene rings is 1. The van der Waals surface area contributed by atoms with Crippen LogP contribution in [-0.2, 0) is 25.5 Å². The van der Waals surface area contributed by atoms with Crippen molar-refractivity contribution in [1.82, 2.24) is 5.32 Å². The molecular formula is C20H28N2O6. The van der Waals surface area contributed by atoms with E-state index >= 15 is 0 Å². The van der Waals surface area contributed by atoms with Crippen molar-refractivity contribution < 1.29 is 29.0 Å². The highest BCUT2D eigenvalue weighted by Gasteiger charge is 2.51. The molecule has 0 aromatic heterocycles. The number of ether oxygens (including phenoxy) is 2. The van der Waals surface area contributed by atoms with E-state index in [0.717, 1.165) is 6.42 Å². The first-order chi connectivity index (χ1) is 13.1. The fourth-order valence-electron chi connectivity index (χ4n) is 3.08. The lowest BCUT2D eigenvalue weighted by Crippen LogP contribution is -2.55. The third-order valence-corrected chi connectivity index (χ3v) is 4.21. The Balaban J connectivity index is 2.31. The summed E-state index contributed by atoms with van der Waals surface area (Å²) in [5.41, 5.74) is -1.74. The summed E-state index contributed by atoms with van der Waals surface area (Å²) in [5, 5.41) is 12.6. The normalized spacial score (nSPS) is 16.9. The van der Waals surface area contributed by atoms with Gasteiger partial charge in [0.05, 0.1) is 12.2 Å². The van der Waals surface area contributed by atoms with Crippen molar-refractivity contribution in [3.8, 4) is 0 Å². The summed E-state index contributed by atoms with van der Waals surface area (Å²) in [6.45, 7) is 7.97. The van der Waals surface area contributed by atoms with Gasteiger partial charge in [0.15, 0.2) is 0 Å². The molecule has 154 valence electrons. The molecular weight excluding hydrogens is 364 g/mol. The molecule has 8 heteroatoms. The van der Waals surface area contributed by atoms with Gasteiger partial charge >= 0.3 is 18.0 Å². The summed E-state index contributed by atoms with van der Waals surface area (Å²) in [6, 6.07) is 6.69. The van der Waals surface area contributed by atoms with E-state index in [4.69, 9.17) is 9.47 Å². The maximum absolute atomic E-state index is 12.6. The molecule has 1 fully saturated rings. The number of anilines is 1. The van der Waals surface area contributed by atoms with Gasteiger partial charge in [-0.25, -0.2) is 14.4 Å². The van der Waals surface area contributed by atoms with Crippen molar-refractivity contribution in [3.05, 3.63) is 29.8 Å². The van der Waals surface area contributed by atoms with E-state index in [1.54, 1.807) is 56.9 Å². The number of carboxylic acids is 1. The number of esters is 1. The smallest absolute Gasteiger partial charge is 0.350 e. The van der Waals surface area contributed by atoms with Crippen molar-refractivity contribution in [3.63, 3.8) is 0 Å². The number of carboxylic acid groups (broad SMARTS) is 1. The quantitative estimate of drug-likeness (QED) is 0.545. The van der Waals surface area contributed by atoms with Crippen molar-refractivity contribution >= 4 is 23.7 Å². The van der Waals surface area contributed by atoms with Gasteiger partial charge in [-0.1, -0.05) is 12.1 Å². The molecule has 1 saturated heterocycles. The molecule has 1 aromatic carbocycles. The Bertz CT molecular complexity index is 725. The van der Waals surface area contributed by atoms with Crippen LogP contribution in [0.4, 0.5) is 10.5 Å². The van der Waals surface area contributed by atoms with E-state index < -0.39 is 23.1 Å². The first-order valence-corrected chi connectivity index (χ1v) is 9.34. The average molecular weight is 392 g/mol. The zero-order valence-corrected chi connectivity index (χ0v) is 16.8. The highest BCUT2D eigenvalue weighted by Crippen LogP contribution is 2.28. The Morgan fingerprint density at radius 2 is 1.86 bits per heavy atom. The van der Waals surface area contributed by atoms with Gasteiger partial charge in [0.25, 0.3) is 5.60 Å². The summed E-state index contributed by atoms with van der Waals surface area (Å²) in [5.74, 6) is -2.34. The second-order valence-electron chi connectivity index (χ2n) is 7.65. The molecule has 0 bridgehead atoms. The van der Waals surface area contributed by atoms with Crippen LogP contribution in [0.2, 0.25) is 0 Å². The minimum absolute atomic E-state index is 0.0460. The van der Waals surface area contributed by atoms with Gasteiger partial charge < -0.3 is 19.9 Å². The van der Waals surface area contributed by atoms with Crippen LogP contribution in [0.25, 0.3) is 0 Å². The summed E-state index contributed by atoms with van der Waals surface area (Å²) < 4.78 is 10.7. The molecule has 2 amide bonds. The maximum Gasteiger partial charge on any atom is 0.350 e. The van der Waals surface area contributed by atoms with Gasteiger partial charge in [-0.05, 0) is 51.8 Å². The third-order valence-electron chi connectivity index (χ3n) is 4.21. The first-order valence-electron chi connectivity index (χ1n) is 9.34. The third kappa shape index (κ3) is 5.01. The van der Waals surface area contributed by atoms with E-state index in [2.05, 4.69) is 5.32 Å². The second kappa shape index (κ2) is 8.60. The molecule has 1 heterocycles. The van der Waals surface area contributed by atoms with Gasteiger partial charge in [0.2, 0.25) is 0 Å². The van der Waals surface area contributed by atoms with Crippen molar-refractivity contribution in [2.24, 2.45) is 0 Å². The van der Waals surface area contributed by atoms with Crippen LogP contribution >= 0.6 is 0 Å². The fourth-order valence-corrected chi connectivity index (χ4v) is 3.08. The summed E-state index contributed by atoms with van der Waals surface area (Å²) >= 11 is 0. The lowest BCUT2D eigenvalue weighted by molar-refractivity contribution is -0.203. The average Bonchev–Trinajstić information content (AvgIpc) is 2.61. The van der Waals surface area contributed by atoms with E-state index in [1.165, 1.54) is 0 Å². The Morgan fingerprint density at radius 3 is 2.36 bits per heavy atom. The summed E-state index contributed by atoms with van der Waals surface area (Å²) in [4.78, 5) is 38.2. The number of urea groups is 1. The van der Waals surface area contributed by atoms with Crippen LogP contribution < -0.4 is 10.2 Å². The molecule has 0 saturated carbocycles. The molecule has 1 aromatic rings. The van der Waals surface area contributed by atoms with Gasteiger partial charge in [-0.2, -0.15) is 0 Å². The molecule has 1 aliphatic heterocycles. The number of amides is 2. The fraction of sp³-hybridized carbons (Fsp3) is 0.550. The number of aliphatic carboxylic acids is 1. The Morgan fingerprint density at radius 1 is 1.21 bits per heavy atom. The van der Waals surface area contributed by atoms with Crippen LogP contribution in [0.1, 0.15) is 39.7 Å². The van der Waals surface area contributed by atoms with Gasteiger partial charge in [-0.3, -0.25) is 4.90 Å². The van der Waals surface area contributed by atoms with Crippen LogP contribution in [-0.4, -0.2) is 54.0 Å². The highest BCUT2D eigenvalue weighted by atomic mass is 16.6. The van der Waals surface area contributed by atoms with Crippen molar-refractivity contribution in [1.29, 1.82) is 0 Å².